The molecule has 0 fully saturated rings. The zero-order chi connectivity index (χ0) is 15.1. The van der Waals surface area contributed by atoms with Crippen LogP contribution >= 0.6 is 0 Å². The van der Waals surface area contributed by atoms with Crippen LogP contribution in [0.5, 0.6) is 0 Å². The molecule has 0 amide bonds. The normalized spacial score (nSPS) is 11.4. The van der Waals surface area contributed by atoms with E-state index in [0.29, 0.717) is 4.52 Å². The Kier molecular flexibility index (Phi) is 2.55. The molecule has 20 heavy (non-hydrogen) atoms. The molecule has 0 aliphatic carbocycles. The Balaban J connectivity index is 2.88. The lowest BCUT2D eigenvalue weighted by Crippen LogP contribution is -2.52. The van der Waals surface area contributed by atoms with Crippen LogP contribution in [0.2, 0.25) is 0 Å². The van der Waals surface area contributed by atoms with Gasteiger partial charge in [0.15, 0.2) is 14.8 Å². The number of aromatic nitrogens is 6. The number of tetrazole rings is 1. The van der Waals surface area contributed by atoms with Crippen molar-refractivity contribution < 1.29 is 14.8 Å². The summed E-state index contributed by atoms with van der Waals surface area (Å²) in [6.07, 6.45) is 0. The highest BCUT2D eigenvalue weighted by Gasteiger charge is 2.75. The SMILES string of the molecule is O=c1[nH]c(C([N+](=O)[O-])([N+](=O)[O-])[N+](=O)[O-])nc2nnnn12. The van der Waals surface area contributed by atoms with Crippen molar-refractivity contribution in [3.8, 4) is 0 Å². The van der Waals surface area contributed by atoms with Crippen molar-refractivity contribution in [2.75, 3.05) is 0 Å². The zero-order valence-electron chi connectivity index (χ0n) is 8.94. The largest absolute Gasteiger partial charge is 0.761 e. The van der Waals surface area contributed by atoms with Crippen LogP contribution in [0.25, 0.3) is 5.78 Å². The van der Waals surface area contributed by atoms with Crippen LogP contribution in [0.15, 0.2) is 4.79 Å². The van der Waals surface area contributed by atoms with Crippen LogP contribution in [0.1, 0.15) is 5.82 Å². The van der Waals surface area contributed by atoms with Gasteiger partial charge in [0.25, 0.3) is 5.78 Å². The average Bonchev–Trinajstić information content (AvgIpc) is 2.76. The average molecular weight is 287 g/mol. The first-order valence-electron chi connectivity index (χ1n) is 4.44. The minimum absolute atomic E-state index is 0.411. The maximum atomic E-state index is 11.4. The van der Waals surface area contributed by atoms with Gasteiger partial charge in [0.2, 0.25) is 0 Å². The summed E-state index contributed by atoms with van der Waals surface area (Å²) in [7, 11) is 0. The quantitative estimate of drug-likeness (QED) is 0.342. The highest BCUT2D eigenvalue weighted by Crippen LogP contribution is 2.22. The van der Waals surface area contributed by atoms with E-state index in [1.807, 2.05) is 0 Å². The Morgan fingerprint density at radius 1 is 1.10 bits per heavy atom. The van der Waals surface area contributed by atoms with Gasteiger partial charge in [0.1, 0.15) is 0 Å². The van der Waals surface area contributed by atoms with Gasteiger partial charge >= 0.3 is 17.3 Å². The van der Waals surface area contributed by atoms with Gasteiger partial charge in [-0.25, -0.2) is 4.79 Å². The van der Waals surface area contributed by atoms with Crippen LogP contribution < -0.4 is 5.69 Å². The molecule has 16 nitrogen and oxygen atoms in total. The maximum absolute atomic E-state index is 11.4. The molecule has 2 rings (SSSR count). The van der Waals surface area contributed by atoms with Gasteiger partial charge in [-0.1, -0.05) is 5.10 Å². The lowest BCUT2D eigenvalue weighted by atomic mass is 10.3. The van der Waals surface area contributed by atoms with E-state index in [0.717, 1.165) is 0 Å². The molecule has 0 atom stereocenters. The zero-order valence-corrected chi connectivity index (χ0v) is 8.94. The summed E-state index contributed by atoms with van der Waals surface area (Å²) >= 11 is 0. The van der Waals surface area contributed by atoms with Crippen LogP contribution in [-0.2, 0) is 5.79 Å². The molecular formula is C4HN9O7. The summed E-state index contributed by atoms with van der Waals surface area (Å²) in [5.41, 5.74) is -1.26. The second-order valence-corrected chi connectivity index (χ2v) is 3.19. The molecule has 0 bridgehead atoms. The van der Waals surface area contributed by atoms with Crippen molar-refractivity contribution in [3.05, 3.63) is 46.7 Å². The molecule has 0 spiro atoms. The molecule has 0 aliphatic heterocycles. The number of nitrogens with zero attached hydrogens (tertiary/aromatic N) is 8. The van der Waals surface area contributed by atoms with E-state index in [1.165, 1.54) is 0 Å². The van der Waals surface area contributed by atoms with Crippen molar-refractivity contribution in [1.82, 2.24) is 30.0 Å². The Morgan fingerprint density at radius 3 is 2.15 bits per heavy atom. The van der Waals surface area contributed by atoms with Crippen molar-refractivity contribution in [1.29, 1.82) is 0 Å². The number of hydrogen-bond donors (Lipinski definition) is 1. The number of nitrogens with one attached hydrogen (secondary N) is 1. The number of aromatic amines is 1. The van der Waals surface area contributed by atoms with Gasteiger partial charge in [-0.15, -0.1) is 4.52 Å². The van der Waals surface area contributed by atoms with Crippen molar-refractivity contribution in [3.63, 3.8) is 0 Å². The minimum Gasteiger partial charge on any atom is -0.274 e. The number of nitro groups is 3. The summed E-state index contributed by atoms with van der Waals surface area (Å²) in [5, 5.41) is 41.6. The highest BCUT2D eigenvalue weighted by atomic mass is 16.7. The Labute approximate surface area is 104 Å². The maximum Gasteiger partial charge on any atom is 0.761 e. The Bertz CT molecular complexity index is 753. The molecule has 0 saturated heterocycles. The lowest BCUT2D eigenvalue weighted by molar-refractivity contribution is -0.987. The molecular weight excluding hydrogens is 286 g/mol. The molecule has 16 heteroatoms. The molecule has 0 aliphatic rings. The fourth-order valence-corrected chi connectivity index (χ4v) is 1.28. The summed E-state index contributed by atoms with van der Waals surface area (Å²) in [4.78, 5) is 43.1. The summed E-state index contributed by atoms with van der Waals surface area (Å²) in [5.74, 6) is -6.16. The third kappa shape index (κ3) is 1.44. The highest BCUT2D eigenvalue weighted by molar-refractivity contribution is 5.21. The van der Waals surface area contributed by atoms with Crippen molar-refractivity contribution in [2.45, 2.75) is 5.79 Å². The monoisotopic (exact) mass is 287 g/mol. The summed E-state index contributed by atoms with van der Waals surface area (Å²) in [6.45, 7) is 0. The number of H-pyrrole nitrogens is 1. The fraction of sp³-hybridized carbons (Fsp3) is 0.250. The van der Waals surface area contributed by atoms with Gasteiger partial charge in [0.05, 0.1) is 0 Å². The molecule has 0 unspecified atom stereocenters. The van der Waals surface area contributed by atoms with Crippen LogP contribution in [0.4, 0.5) is 0 Å². The molecule has 0 radical (unpaired) electrons. The Morgan fingerprint density at radius 2 is 1.65 bits per heavy atom. The van der Waals surface area contributed by atoms with E-state index in [4.69, 9.17) is 0 Å². The lowest BCUT2D eigenvalue weighted by Gasteiger charge is -2.06. The summed E-state index contributed by atoms with van der Waals surface area (Å²) in [6, 6.07) is 0. The van der Waals surface area contributed by atoms with E-state index in [9.17, 15) is 35.1 Å². The standard InChI is InChI=1S/C4HN9O7/c14-3-6-1(5-2-7-8-9-10(2)3)4(11(15)16,12(17)18)13(19)20/h(H,5,6,7,9,14). The Hall–Kier alpha value is -3.59. The van der Waals surface area contributed by atoms with Crippen LogP contribution in [0, 0.1) is 30.3 Å². The number of hydrogen-bond acceptors (Lipinski definition) is 11. The predicted octanol–water partition coefficient (Wildman–Crippen LogP) is -2.85. The molecule has 0 aromatic carbocycles. The van der Waals surface area contributed by atoms with Crippen LogP contribution in [0.3, 0.4) is 0 Å². The van der Waals surface area contributed by atoms with Crippen molar-refractivity contribution in [2.24, 2.45) is 0 Å². The van der Waals surface area contributed by atoms with E-state index in [2.05, 4.69) is 20.5 Å². The van der Waals surface area contributed by atoms with Gasteiger partial charge in [0, 0.05) is 0 Å². The molecule has 0 saturated carbocycles. The van der Waals surface area contributed by atoms with E-state index < -0.39 is 37.8 Å². The fourth-order valence-electron chi connectivity index (χ4n) is 1.28. The van der Waals surface area contributed by atoms with Gasteiger partial charge in [-0.2, -0.15) is 4.98 Å². The van der Waals surface area contributed by atoms with Gasteiger partial charge in [-0.3, -0.25) is 35.3 Å². The van der Waals surface area contributed by atoms with E-state index in [-0.39, 0.29) is 0 Å². The molecule has 104 valence electrons. The number of fused-ring (bicyclic) bond motifs is 1. The second kappa shape index (κ2) is 3.96. The van der Waals surface area contributed by atoms with Gasteiger partial charge in [-0.05, 0) is 10.4 Å². The predicted molar refractivity (Wildman–Crippen MR) is 51.9 cm³/mol. The molecule has 2 aromatic rings. The van der Waals surface area contributed by atoms with E-state index >= 15 is 0 Å². The number of rotatable bonds is 4. The molecule has 1 N–H and O–H groups in total. The first-order chi connectivity index (χ1) is 9.31. The third-order valence-electron chi connectivity index (χ3n) is 2.16. The first-order valence-corrected chi connectivity index (χ1v) is 4.44. The van der Waals surface area contributed by atoms with Crippen molar-refractivity contribution >= 4 is 5.78 Å². The second-order valence-electron chi connectivity index (χ2n) is 3.19. The molecule has 2 heterocycles. The van der Waals surface area contributed by atoms with Gasteiger partial charge < -0.3 is 0 Å². The molecule has 2 aromatic heterocycles. The smallest absolute Gasteiger partial charge is 0.274 e. The minimum atomic E-state index is -4.06. The van der Waals surface area contributed by atoms with E-state index in [1.54, 1.807) is 4.98 Å². The van der Waals surface area contributed by atoms with Crippen LogP contribution in [-0.4, -0.2) is 44.8 Å². The first kappa shape index (κ1) is 12.9. The third-order valence-corrected chi connectivity index (χ3v) is 2.16. The topological polar surface area (TPSA) is 218 Å². The summed E-state index contributed by atoms with van der Waals surface area (Å²) < 4.78 is 0.411.